The number of pyridine rings is 1. The first kappa shape index (κ1) is 13.2. The predicted molar refractivity (Wildman–Crippen MR) is 56.4 cm³/mol. The molecule has 0 spiro atoms. The minimum absolute atomic E-state index is 0. The quantitative estimate of drug-likeness (QED) is 0.693. The van der Waals surface area contributed by atoms with Crippen molar-refractivity contribution in [2.45, 2.75) is 26.5 Å². The summed E-state index contributed by atoms with van der Waals surface area (Å²) in [6.45, 7) is 3.30. The highest BCUT2D eigenvalue weighted by Gasteiger charge is 2.14. The highest BCUT2D eigenvalue weighted by Crippen LogP contribution is 2.28. The minimum atomic E-state index is -0.302. The van der Waals surface area contributed by atoms with E-state index in [0.717, 1.165) is 0 Å². The number of aryl methyl sites for hydroxylation is 1. The molecule has 14 heavy (non-hydrogen) atoms. The smallest absolute Gasteiger partial charge is 0.141 e. The van der Waals surface area contributed by atoms with Crippen molar-refractivity contribution in [1.29, 1.82) is 0 Å². The summed E-state index contributed by atoms with van der Waals surface area (Å²) in [6, 6.07) is -0.302. The van der Waals surface area contributed by atoms with E-state index in [4.69, 9.17) is 10.8 Å². The van der Waals surface area contributed by atoms with Crippen LogP contribution in [0, 0.1) is 6.92 Å². The van der Waals surface area contributed by atoms with Crippen LogP contribution in [0.5, 0.6) is 5.75 Å². The van der Waals surface area contributed by atoms with Gasteiger partial charge in [0.05, 0.1) is 12.3 Å². The van der Waals surface area contributed by atoms with Crippen LogP contribution in [0.3, 0.4) is 0 Å². The Hall–Kier alpha value is -0.840. The number of halogens is 1. The third kappa shape index (κ3) is 2.35. The second kappa shape index (κ2) is 5.14. The summed E-state index contributed by atoms with van der Waals surface area (Å²) in [6.07, 6.45) is 1.54. The van der Waals surface area contributed by atoms with Crippen LogP contribution in [-0.4, -0.2) is 15.2 Å². The van der Waals surface area contributed by atoms with Crippen molar-refractivity contribution in [3.8, 4) is 5.75 Å². The standard InChI is InChI=1S/C9H14N2O2.ClH/c1-5(10)8-7(4-12)3-11-6(2)9(8)13;/h3,5,12-13H,4,10H2,1-2H3;1H/t5-;/m1./s1. The lowest BCUT2D eigenvalue weighted by atomic mass is 10.0. The Balaban J connectivity index is 0.00000169. The van der Waals surface area contributed by atoms with Gasteiger partial charge in [-0.15, -0.1) is 12.4 Å². The number of aliphatic hydroxyl groups is 1. The van der Waals surface area contributed by atoms with Gasteiger partial charge in [-0.25, -0.2) is 0 Å². The van der Waals surface area contributed by atoms with Crippen LogP contribution >= 0.6 is 12.4 Å². The fraction of sp³-hybridized carbons (Fsp3) is 0.444. The van der Waals surface area contributed by atoms with Gasteiger partial charge in [-0.2, -0.15) is 0 Å². The monoisotopic (exact) mass is 218 g/mol. The Morgan fingerprint density at radius 3 is 2.57 bits per heavy atom. The van der Waals surface area contributed by atoms with Crippen LogP contribution in [0.4, 0.5) is 0 Å². The maximum Gasteiger partial charge on any atom is 0.141 e. The van der Waals surface area contributed by atoms with Crippen molar-refractivity contribution in [1.82, 2.24) is 4.98 Å². The van der Waals surface area contributed by atoms with Crippen LogP contribution in [0.25, 0.3) is 0 Å². The Kier molecular flexibility index (Phi) is 4.83. The zero-order chi connectivity index (χ0) is 10.0. The molecule has 1 heterocycles. The zero-order valence-corrected chi connectivity index (χ0v) is 9.01. The van der Waals surface area contributed by atoms with Gasteiger partial charge in [0.1, 0.15) is 5.75 Å². The van der Waals surface area contributed by atoms with Crippen LogP contribution in [0.2, 0.25) is 0 Å². The Morgan fingerprint density at radius 1 is 1.57 bits per heavy atom. The van der Waals surface area contributed by atoms with E-state index < -0.39 is 0 Å². The topological polar surface area (TPSA) is 79.4 Å². The molecule has 0 aliphatic heterocycles. The molecule has 1 aromatic heterocycles. The van der Waals surface area contributed by atoms with E-state index >= 15 is 0 Å². The summed E-state index contributed by atoms with van der Waals surface area (Å²) < 4.78 is 0. The van der Waals surface area contributed by atoms with Crippen molar-refractivity contribution < 1.29 is 10.2 Å². The number of hydrogen-bond acceptors (Lipinski definition) is 4. The SMILES string of the molecule is Cc1ncc(CO)c([C@@H](C)N)c1O.Cl. The van der Waals surface area contributed by atoms with Gasteiger partial charge in [0.2, 0.25) is 0 Å². The van der Waals surface area contributed by atoms with E-state index in [1.165, 1.54) is 6.20 Å². The molecular weight excluding hydrogens is 204 g/mol. The summed E-state index contributed by atoms with van der Waals surface area (Å²) in [5, 5.41) is 18.6. The van der Waals surface area contributed by atoms with Crippen molar-refractivity contribution in [2.75, 3.05) is 0 Å². The molecule has 0 amide bonds. The molecule has 5 heteroatoms. The first-order valence-electron chi connectivity index (χ1n) is 4.11. The Labute approximate surface area is 89.2 Å². The van der Waals surface area contributed by atoms with Gasteiger partial charge in [0, 0.05) is 23.4 Å². The fourth-order valence-corrected chi connectivity index (χ4v) is 1.29. The van der Waals surface area contributed by atoms with Gasteiger partial charge >= 0.3 is 0 Å². The highest BCUT2D eigenvalue weighted by molar-refractivity contribution is 5.85. The van der Waals surface area contributed by atoms with Crippen LogP contribution in [-0.2, 0) is 6.61 Å². The molecule has 0 aliphatic rings. The lowest BCUT2D eigenvalue weighted by Gasteiger charge is -2.13. The molecule has 0 radical (unpaired) electrons. The average molecular weight is 219 g/mol. The van der Waals surface area contributed by atoms with Crippen LogP contribution < -0.4 is 5.73 Å². The summed E-state index contributed by atoms with van der Waals surface area (Å²) in [7, 11) is 0. The summed E-state index contributed by atoms with van der Waals surface area (Å²) in [4.78, 5) is 3.93. The van der Waals surface area contributed by atoms with E-state index in [2.05, 4.69) is 4.98 Å². The number of aliphatic hydroxyl groups excluding tert-OH is 1. The number of aromatic hydroxyl groups is 1. The van der Waals surface area contributed by atoms with Gasteiger partial charge in [0.15, 0.2) is 0 Å². The van der Waals surface area contributed by atoms with E-state index in [1.807, 2.05) is 0 Å². The second-order valence-corrected chi connectivity index (χ2v) is 3.08. The molecule has 80 valence electrons. The van der Waals surface area contributed by atoms with E-state index in [1.54, 1.807) is 13.8 Å². The Bertz CT molecular complexity index is 316. The third-order valence-electron chi connectivity index (χ3n) is 1.98. The molecule has 1 atom stereocenters. The van der Waals surface area contributed by atoms with Crippen LogP contribution in [0.1, 0.15) is 29.8 Å². The number of rotatable bonds is 2. The molecule has 4 N–H and O–H groups in total. The molecule has 0 saturated heterocycles. The molecule has 0 fully saturated rings. The number of aromatic nitrogens is 1. The van der Waals surface area contributed by atoms with Gasteiger partial charge in [0.25, 0.3) is 0 Å². The van der Waals surface area contributed by atoms with Crippen molar-refractivity contribution in [3.63, 3.8) is 0 Å². The van der Waals surface area contributed by atoms with Gasteiger partial charge < -0.3 is 15.9 Å². The van der Waals surface area contributed by atoms with E-state index in [9.17, 15) is 5.11 Å². The van der Waals surface area contributed by atoms with Crippen LogP contribution in [0.15, 0.2) is 6.20 Å². The molecule has 0 saturated carbocycles. The highest BCUT2D eigenvalue weighted by atomic mass is 35.5. The fourth-order valence-electron chi connectivity index (χ4n) is 1.29. The predicted octanol–water partition coefficient (Wildman–Crippen LogP) is 1.03. The summed E-state index contributed by atoms with van der Waals surface area (Å²) >= 11 is 0. The normalized spacial score (nSPS) is 12.0. The average Bonchev–Trinajstić information content (AvgIpc) is 2.08. The number of hydrogen-bond donors (Lipinski definition) is 3. The number of nitrogens with zero attached hydrogens (tertiary/aromatic N) is 1. The Morgan fingerprint density at radius 2 is 2.14 bits per heavy atom. The molecule has 0 aromatic carbocycles. The van der Waals surface area contributed by atoms with E-state index in [-0.39, 0.29) is 30.8 Å². The summed E-state index contributed by atoms with van der Waals surface area (Å²) in [5.41, 5.74) is 7.35. The maximum atomic E-state index is 9.63. The largest absolute Gasteiger partial charge is 0.506 e. The minimum Gasteiger partial charge on any atom is -0.506 e. The molecule has 0 bridgehead atoms. The molecule has 1 aromatic rings. The maximum absolute atomic E-state index is 9.63. The first-order chi connectivity index (χ1) is 6.07. The van der Waals surface area contributed by atoms with Gasteiger partial charge in [-0.05, 0) is 13.8 Å². The lowest BCUT2D eigenvalue weighted by molar-refractivity contribution is 0.278. The van der Waals surface area contributed by atoms with E-state index in [0.29, 0.717) is 16.8 Å². The molecule has 1 rings (SSSR count). The van der Waals surface area contributed by atoms with Crippen molar-refractivity contribution >= 4 is 12.4 Å². The second-order valence-electron chi connectivity index (χ2n) is 3.08. The molecule has 0 unspecified atom stereocenters. The van der Waals surface area contributed by atoms with Crippen molar-refractivity contribution in [3.05, 3.63) is 23.0 Å². The lowest BCUT2D eigenvalue weighted by Crippen LogP contribution is -2.10. The molecular formula is C9H15ClN2O2. The van der Waals surface area contributed by atoms with Crippen molar-refractivity contribution in [2.24, 2.45) is 5.73 Å². The van der Waals surface area contributed by atoms with Gasteiger partial charge in [-0.1, -0.05) is 0 Å². The third-order valence-corrected chi connectivity index (χ3v) is 1.98. The molecule has 4 nitrogen and oxygen atoms in total. The van der Waals surface area contributed by atoms with Gasteiger partial charge in [-0.3, -0.25) is 4.98 Å². The summed E-state index contributed by atoms with van der Waals surface area (Å²) in [5.74, 6) is 0.0848. The zero-order valence-electron chi connectivity index (χ0n) is 8.19. The first-order valence-corrected chi connectivity index (χ1v) is 4.11. The molecule has 0 aliphatic carbocycles. The number of nitrogens with two attached hydrogens (primary N) is 1.